The zero-order chi connectivity index (χ0) is 28.3. The van der Waals surface area contributed by atoms with Gasteiger partial charge in [-0.25, -0.2) is 14.8 Å². The van der Waals surface area contributed by atoms with Crippen LogP contribution in [-0.2, 0) is 11.3 Å². The first kappa shape index (κ1) is 26.8. The van der Waals surface area contributed by atoms with Gasteiger partial charge in [0.1, 0.15) is 18.6 Å². The summed E-state index contributed by atoms with van der Waals surface area (Å²) in [5, 5.41) is 23.1. The molecule has 0 bridgehead atoms. The van der Waals surface area contributed by atoms with Crippen molar-refractivity contribution in [3.63, 3.8) is 0 Å². The van der Waals surface area contributed by atoms with Gasteiger partial charge in [-0.05, 0) is 42.0 Å². The highest BCUT2D eigenvalue weighted by Gasteiger charge is 2.30. The standard InChI is InChI=1S/C29H28ClN7O4/c1-40-20-12-10-19(11-13-20)25-34-26-24-21(30)8-5-9-22(24)32-28(37(26)35-25)33-23-16-36(15-14-31-27(23)38)29(39)41-17-18-6-3-2-4-7-18/h2-13,23,27,31,38H,14-17H2,1H3,(H,32,33)/t23-,27?/m1/s1. The molecule has 3 N–H and O–H groups in total. The molecule has 0 saturated carbocycles. The normalized spacial score (nSPS) is 17.4. The van der Waals surface area contributed by atoms with E-state index in [0.29, 0.717) is 46.4 Å². The van der Waals surface area contributed by atoms with Crippen molar-refractivity contribution >= 4 is 40.2 Å². The van der Waals surface area contributed by atoms with Gasteiger partial charge in [-0.2, -0.15) is 4.52 Å². The van der Waals surface area contributed by atoms with Gasteiger partial charge >= 0.3 is 6.09 Å². The maximum atomic E-state index is 13.0. The molecule has 5 aromatic rings. The molecule has 1 fully saturated rings. The Hall–Kier alpha value is -4.45. The first-order valence-corrected chi connectivity index (χ1v) is 13.5. The predicted molar refractivity (Wildman–Crippen MR) is 155 cm³/mol. The Kier molecular flexibility index (Phi) is 7.55. The Balaban J connectivity index is 1.32. The van der Waals surface area contributed by atoms with Crippen LogP contribution in [0.5, 0.6) is 5.75 Å². The van der Waals surface area contributed by atoms with E-state index in [-0.39, 0.29) is 13.2 Å². The summed E-state index contributed by atoms with van der Waals surface area (Å²) in [4.78, 5) is 24.1. The van der Waals surface area contributed by atoms with E-state index in [1.54, 1.807) is 22.6 Å². The van der Waals surface area contributed by atoms with E-state index >= 15 is 0 Å². The number of benzene rings is 3. The zero-order valence-electron chi connectivity index (χ0n) is 22.2. The molecule has 12 heteroatoms. The molecule has 0 spiro atoms. The summed E-state index contributed by atoms with van der Waals surface area (Å²) in [5.74, 6) is 1.53. The molecule has 11 nitrogen and oxygen atoms in total. The molecule has 0 radical (unpaired) electrons. The summed E-state index contributed by atoms with van der Waals surface area (Å²) in [5.41, 5.74) is 2.79. The van der Waals surface area contributed by atoms with Gasteiger partial charge in [0.2, 0.25) is 5.95 Å². The minimum absolute atomic E-state index is 0.158. The number of hydrogen-bond acceptors (Lipinski definition) is 9. The van der Waals surface area contributed by atoms with Crippen LogP contribution in [0.3, 0.4) is 0 Å². The number of ether oxygens (including phenoxy) is 2. The van der Waals surface area contributed by atoms with E-state index < -0.39 is 18.4 Å². The second-order valence-electron chi connectivity index (χ2n) is 9.60. The number of nitrogens with zero attached hydrogens (tertiary/aromatic N) is 5. The molecule has 41 heavy (non-hydrogen) atoms. The third kappa shape index (κ3) is 5.60. The van der Waals surface area contributed by atoms with Gasteiger partial charge in [0, 0.05) is 25.2 Å². The Morgan fingerprint density at radius 1 is 1.10 bits per heavy atom. The van der Waals surface area contributed by atoms with Crippen LogP contribution in [0.1, 0.15) is 5.56 Å². The monoisotopic (exact) mass is 573 g/mol. The van der Waals surface area contributed by atoms with Gasteiger partial charge in [0.05, 0.1) is 29.1 Å². The number of fused-ring (bicyclic) bond motifs is 3. The lowest BCUT2D eigenvalue weighted by Gasteiger charge is -2.26. The highest BCUT2D eigenvalue weighted by atomic mass is 35.5. The maximum absolute atomic E-state index is 13.0. The molecule has 3 aromatic carbocycles. The summed E-state index contributed by atoms with van der Waals surface area (Å²) in [7, 11) is 1.61. The van der Waals surface area contributed by atoms with Crippen LogP contribution in [0, 0.1) is 0 Å². The number of aromatic nitrogens is 4. The lowest BCUT2D eigenvalue weighted by atomic mass is 10.2. The highest BCUT2D eigenvalue weighted by Crippen LogP contribution is 2.30. The number of aliphatic hydroxyl groups excluding tert-OH is 1. The number of hydrogen-bond donors (Lipinski definition) is 3. The van der Waals surface area contributed by atoms with Gasteiger partial charge < -0.3 is 24.8 Å². The molecule has 1 aliphatic rings. The van der Waals surface area contributed by atoms with Crippen LogP contribution in [-0.4, -0.2) is 74.7 Å². The molecule has 1 saturated heterocycles. The van der Waals surface area contributed by atoms with Crippen LogP contribution in [0.25, 0.3) is 27.9 Å². The third-order valence-corrected chi connectivity index (χ3v) is 7.22. The van der Waals surface area contributed by atoms with E-state index in [0.717, 1.165) is 16.9 Å². The van der Waals surface area contributed by atoms with Crippen molar-refractivity contribution in [1.29, 1.82) is 0 Å². The molecule has 1 unspecified atom stereocenters. The predicted octanol–water partition coefficient (Wildman–Crippen LogP) is 3.95. The fourth-order valence-electron chi connectivity index (χ4n) is 4.75. The first-order valence-electron chi connectivity index (χ1n) is 13.1. The number of rotatable bonds is 6. The lowest BCUT2D eigenvalue weighted by Crippen LogP contribution is -2.47. The van der Waals surface area contributed by atoms with E-state index in [9.17, 15) is 9.90 Å². The first-order chi connectivity index (χ1) is 20.0. The fraction of sp³-hybridized carbons (Fsp3) is 0.241. The second kappa shape index (κ2) is 11.6. The summed E-state index contributed by atoms with van der Waals surface area (Å²) in [6.07, 6.45) is -1.44. The average molecular weight is 574 g/mol. The van der Waals surface area contributed by atoms with Gasteiger partial charge in [0.25, 0.3) is 0 Å². The molecule has 0 aliphatic carbocycles. The number of anilines is 1. The topological polar surface area (TPSA) is 126 Å². The number of methoxy groups -OCH3 is 1. The average Bonchev–Trinajstić information content (AvgIpc) is 3.36. The van der Waals surface area contributed by atoms with Crippen molar-refractivity contribution in [3.8, 4) is 17.1 Å². The Morgan fingerprint density at radius 2 is 1.90 bits per heavy atom. The molecule has 210 valence electrons. The van der Waals surface area contributed by atoms with Crippen molar-refractivity contribution in [2.45, 2.75) is 18.9 Å². The third-order valence-electron chi connectivity index (χ3n) is 6.91. The highest BCUT2D eigenvalue weighted by molar-refractivity contribution is 6.36. The molecule has 1 amide bonds. The van der Waals surface area contributed by atoms with E-state index in [1.807, 2.05) is 66.7 Å². The number of aliphatic hydroxyl groups is 1. The molecular weight excluding hydrogens is 546 g/mol. The Bertz CT molecular complexity index is 1680. The number of halogens is 1. The molecule has 1 aliphatic heterocycles. The molecule has 2 atom stereocenters. The summed E-state index contributed by atoms with van der Waals surface area (Å²) in [6.45, 7) is 1.08. The lowest BCUT2D eigenvalue weighted by molar-refractivity contribution is 0.0908. The molecular formula is C29H28ClN7O4. The van der Waals surface area contributed by atoms with E-state index in [1.165, 1.54) is 0 Å². The van der Waals surface area contributed by atoms with Crippen molar-refractivity contribution in [3.05, 3.63) is 83.4 Å². The largest absolute Gasteiger partial charge is 0.497 e. The van der Waals surface area contributed by atoms with Gasteiger partial charge in [-0.3, -0.25) is 5.32 Å². The Labute approximate surface area is 240 Å². The van der Waals surface area contributed by atoms with Crippen LogP contribution in [0.15, 0.2) is 72.8 Å². The molecule has 3 heterocycles. The fourth-order valence-corrected chi connectivity index (χ4v) is 5.01. The number of amides is 1. The van der Waals surface area contributed by atoms with E-state index in [2.05, 4.69) is 10.6 Å². The summed E-state index contributed by atoms with van der Waals surface area (Å²) in [6, 6.07) is 21.7. The van der Waals surface area contributed by atoms with Crippen LogP contribution < -0.4 is 15.4 Å². The van der Waals surface area contributed by atoms with Crippen molar-refractivity contribution < 1.29 is 19.4 Å². The minimum atomic E-state index is -0.974. The maximum Gasteiger partial charge on any atom is 0.410 e. The van der Waals surface area contributed by atoms with Crippen LogP contribution in [0.4, 0.5) is 10.7 Å². The smallest absolute Gasteiger partial charge is 0.410 e. The van der Waals surface area contributed by atoms with Crippen molar-refractivity contribution in [2.75, 3.05) is 32.1 Å². The van der Waals surface area contributed by atoms with E-state index in [4.69, 9.17) is 36.1 Å². The zero-order valence-corrected chi connectivity index (χ0v) is 23.0. The van der Waals surface area contributed by atoms with Crippen LogP contribution in [0.2, 0.25) is 5.02 Å². The van der Waals surface area contributed by atoms with Crippen molar-refractivity contribution in [2.24, 2.45) is 0 Å². The molecule has 6 rings (SSSR count). The number of carbonyl (C=O) groups is 1. The van der Waals surface area contributed by atoms with Crippen LogP contribution >= 0.6 is 11.6 Å². The summed E-state index contributed by atoms with van der Waals surface area (Å²) >= 11 is 6.58. The second-order valence-corrected chi connectivity index (χ2v) is 10.0. The Morgan fingerprint density at radius 3 is 2.68 bits per heavy atom. The van der Waals surface area contributed by atoms with Gasteiger partial charge in [-0.1, -0.05) is 48.0 Å². The van der Waals surface area contributed by atoms with Gasteiger partial charge in [-0.15, -0.1) is 5.10 Å². The van der Waals surface area contributed by atoms with Gasteiger partial charge in [0.15, 0.2) is 11.5 Å². The molecule has 2 aromatic heterocycles. The van der Waals surface area contributed by atoms with Crippen molar-refractivity contribution in [1.82, 2.24) is 29.8 Å². The number of nitrogens with one attached hydrogen (secondary N) is 2. The number of carbonyl (C=O) groups excluding carboxylic acids is 1. The SMILES string of the molecule is COc1ccc(-c2nc3c4c(Cl)cccc4nc(N[C@@H]4CN(C(=O)OCc5ccccc5)CCNC4O)n3n2)cc1. The quantitative estimate of drug-likeness (QED) is 0.277. The minimum Gasteiger partial charge on any atom is -0.497 e. The summed E-state index contributed by atoms with van der Waals surface area (Å²) < 4.78 is 12.4.